The van der Waals surface area contributed by atoms with Crippen molar-refractivity contribution >= 4 is 5.95 Å². The highest BCUT2D eigenvalue weighted by Gasteiger charge is 2.17. The number of anilines is 1. The van der Waals surface area contributed by atoms with Crippen LogP contribution < -0.4 is 5.32 Å². The molecule has 1 aromatic heterocycles. The first kappa shape index (κ1) is 11.5. The number of imidazole rings is 1. The lowest BCUT2D eigenvalue weighted by Gasteiger charge is -2.25. The molecule has 2 rings (SSSR count). The SMILES string of the molecule is COCCCn1ccnc1NCC1CCC1. The Balaban J connectivity index is 1.76. The van der Waals surface area contributed by atoms with E-state index in [4.69, 9.17) is 4.74 Å². The van der Waals surface area contributed by atoms with Crippen molar-refractivity contribution in [2.75, 3.05) is 25.6 Å². The van der Waals surface area contributed by atoms with Gasteiger partial charge in [0.25, 0.3) is 0 Å². The average molecular weight is 223 g/mol. The third-order valence-corrected chi connectivity index (χ3v) is 3.24. The van der Waals surface area contributed by atoms with Gasteiger partial charge in [0, 0.05) is 39.2 Å². The van der Waals surface area contributed by atoms with Gasteiger partial charge in [0.15, 0.2) is 0 Å². The number of nitrogens with one attached hydrogen (secondary N) is 1. The topological polar surface area (TPSA) is 39.1 Å². The molecule has 0 unspecified atom stereocenters. The van der Waals surface area contributed by atoms with Crippen LogP contribution in [0, 0.1) is 5.92 Å². The van der Waals surface area contributed by atoms with E-state index in [0.717, 1.165) is 38.0 Å². The quantitative estimate of drug-likeness (QED) is 0.720. The van der Waals surface area contributed by atoms with Crippen molar-refractivity contribution in [1.29, 1.82) is 0 Å². The molecule has 0 aromatic carbocycles. The number of aromatic nitrogens is 2. The van der Waals surface area contributed by atoms with Gasteiger partial charge in [0.05, 0.1) is 0 Å². The maximum Gasteiger partial charge on any atom is 0.202 e. The highest BCUT2D eigenvalue weighted by molar-refractivity contribution is 5.25. The van der Waals surface area contributed by atoms with Crippen LogP contribution in [0.4, 0.5) is 5.95 Å². The summed E-state index contributed by atoms with van der Waals surface area (Å²) in [6.45, 7) is 2.85. The molecule has 0 atom stereocenters. The van der Waals surface area contributed by atoms with Crippen LogP contribution >= 0.6 is 0 Å². The van der Waals surface area contributed by atoms with Gasteiger partial charge < -0.3 is 14.6 Å². The molecule has 90 valence electrons. The summed E-state index contributed by atoms with van der Waals surface area (Å²) >= 11 is 0. The van der Waals surface area contributed by atoms with Crippen LogP contribution in [-0.4, -0.2) is 29.8 Å². The first-order valence-corrected chi connectivity index (χ1v) is 6.14. The molecule has 0 spiro atoms. The normalized spacial score (nSPS) is 16.1. The zero-order valence-corrected chi connectivity index (χ0v) is 9.98. The lowest BCUT2D eigenvalue weighted by molar-refractivity contribution is 0.190. The molecule has 0 saturated heterocycles. The smallest absolute Gasteiger partial charge is 0.202 e. The Hall–Kier alpha value is -1.03. The maximum absolute atomic E-state index is 5.05. The molecule has 1 fully saturated rings. The van der Waals surface area contributed by atoms with E-state index in [1.807, 2.05) is 12.4 Å². The van der Waals surface area contributed by atoms with Gasteiger partial charge in [-0.3, -0.25) is 0 Å². The first-order valence-electron chi connectivity index (χ1n) is 6.14. The van der Waals surface area contributed by atoms with Crippen molar-refractivity contribution in [1.82, 2.24) is 9.55 Å². The second kappa shape index (κ2) is 5.89. The monoisotopic (exact) mass is 223 g/mol. The summed E-state index contributed by atoms with van der Waals surface area (Å²) in [5, 5.41) is 3.43. The summed E-state index contributed by atoms with van der Waals surface area (Å²) in [4.78, 5) is 4.34. The fourth-order valence-electron chi connectivity index (χ4n) is 1.97. The van der Waals surface area contributed by atoms with Gasteiger partial charge in [0.2, 0.25) is 5.95 Å². The van der Waals surface area contributed by atoms with E-state index in [9.17, 15) is 0 Å². The van der Waals surface area contributed by atoms with Crippen LogP contribution in [0.1, 0.15) is 25.7 Å². The number of methoxy groups -OCH3 is 1. The number of nitrogens with zero attached hydrogens (tertiary/aromatic N) is 2. The first-order chi connectivity index (χ1) is 7.90. The minimum Gasteiger partial charge on any atom is -0.385 e. The summed E-state index contributed by atoms with van der Waals surface area (Å²) < 4.78 is 7.21. The summed E-state index contributed by atoms with van der Waals surface area (Å²) in [6, 6.07) is 0. The van der Waals surface area contributed by atoms with E-state index in [1.165, 1.54) is 19.3 Å². The van der Waals surface area contributed by atoms with Gasteiger partial charge in [-0.25, -0.2) is 4.98 Å². The molecule has 1 N–H and O–H groups in total. The summed E-state index contributed by atoms with van der Waals surface area (Å²) in [7, 11) is 1.74. The Morgan fingerprint density at radius 3 is 3.12 bits per heavy atom. The van der Waals surface area contributed by atoms with Crippen LogP contribution in [0.3, 0.4) is 0 Å². The van der Waals surface area contributed by atoms with Crippen molar-refractivity contribution in [2.45, 2.75) is 32.2 Å². The Kier molecular flexibility index (Phi) is 4.22. The van der Waals surface area contributed by atoms with Crippen LogP contribution in [0.5, 0.6) is 0 Å². The predicted octanol–water partition coefficient (Wildman–Crippen LogP) is 2.13. The minimum absolute atomic E-state index is 0.806. The molecule has 1 saturated carbocycles. The predicted molar refractivity (Wildman–Crippen MR) is 64.6 cm³/mol. The Bertz CT molecular complexity index is 307. The molecule has 1 aliphatic carbocycles. The number of aryl methyl sites for hydroxylation is 1. The molecule has 1 aromatic rings. The van der Waals surface area contributed by atoms with Crippen molar-refractivity contribution in [3.05, 3.63) is 12.4 Å². The van der Waals surface area contributed by atoms with E-state index in [-0.39, 0.29) is 0 Å². The molecule has 1 aliphatic rings. The third-order valence-electron chi connectivity index (χ3n) is 3.24. The van der Waals surface area contributed by atoms with Gasteiger partial charge in [-0.2, -0.15) is 0 Å². The second-order valence-corrected chi connectivity index (χ2v) is 4.47. The molecule has 0 amide bonds. The van der Waals surface area contributed by atoms with Gasteiger partial charge in [-0.1, -0.05) is 6.42 Å². The van der Waals surface area contributed by atoms with Crippen molar-refractivity contribution in [3.8, 4) is 0 Å². The van der Waals surface area contributed by atoms with Gasteiger partial charge in [-0.05, 0) is 25.2 Å². The van der Waals surface area contributed by atoms with Crippen LogP contribution in [0.2, 0.25) is 0 Å². The van der Waals surface area contributed by atoms with E-state index >= 15 is 0 Å². The zero-order valence-electron chi connectivity index (χ0n) is 9.98. The molecule has 1 heterocycles. The second-order valence-electron chi connectivity index (χ2n) is 4.47. The fraction of sp³-hybridized carbons (Fsp3) is 0.750. The van der Waals surface area contributed by atoms with Crippen molar-refractivity contribution in [3.63, 3.8) is 0 Å². The highest BCUT2D eigenvalue weighted by atomic mass is 16.5. The van der Waals surface area contributed by atoms with E-state index in [1.54, 1.807) is 7.11 Å². The van der Waals surface area contributed by atoms with Crippen LogP contribution in [0.15, 0.2) is 12.4 Å². The van der Waals surface area contributed by atoms with E-state index in [2.05, 4.69) is 14.9 Å². The fourth-order valence-corrected chi connectivity index (χ4v) is 1.97. The lowest BCUT2D eigenvalue weighted by atomic mass is 9.85. The molecular weight excluding hydrogens is 202 g/mol. The molecule has 4 nitrogen and oxygen atoms in total. The largest absolute Gasteiger partial charge is 0.385 e. The molecule has 0 aliphatic heterocycles. The van der Waals surface area contributed by atoms with Crippen LogP contribution in [0.25, 0.3) is 0 Å². The zero-order chi connectivity index (χ0) is 11.2. The summed E-state index contributed by atoms with van der Waals surface area (Å²) in [6.07, 6.45) is 9.06. The lowest BCUT2D eigenvalue weighted by Crippen LogP contribution is -2.22. The minimum atomic E-state index is 0.806. The Morgan fingerprint density at radius 2 is 2.44 bits per heavy atom. The molecule has 16 heavy (non-hydrogen) atoms. The third kappa shape index (κ3) is 2.98. The number of hydrogen-bond donors (Lipinski definition) is 1. The molecule has 0 radical (unpaired) electrons. The van der Waals surface area contributed by atoms with Crippen molar-refractivity contribution in [2.24, 2.45) is 5.92 Å². The van der Waals surface area contributed by atoms with Gasteiger partial charge in [0.1, 0.15) is 0 Å². The standard InChI is InChI=1S/C12H21N3O/c1-16-9-3-7-15-8-6-13-12(15)14-10-11-4-2-5-11/h6,8,11H,2-5,7,9-10H2,1H3,(H,13,14). The summed E-state index contributed by atoms with van der Waals surface area (Å²) in [5.74, 6) is 1.87. The van der Waals surface area contributed by atoms with Crippen molar-refractivity contribution < 1.29 is 4.74 Å². The molecule has 4 heteroatoms. The highest BCUT2D eigenvalue weighted by Crippen LogP contribution is 2.26. The Morgan fingerprint density at radius 1 is 1.56 bits per heavy atom. The van der Waals surface area contributed by atoms with E-state index < -0.39 is 0 Å². The maximum atomic E-state index is 5.05. The van der Waals surface area contributed by atoms with E-state index in [0.29, 0.717) is 0 Å². The average Bonchev–Trinajstić information content (AvgIpc) is 2.64. The van der Waals surface area contributed by atoms with Gasteiger partial charge >= 0.3 is 0 Å². The number of hydrogen-bond acceptors (Lipinski definition) is 3. The summed E-state index contributed by atoms with van der Waals surface area (Å²) in [5.41, 5.74) is 0. The Labute approximate surface area is 97.0 Å². The molecule has 0 bridgehead atoms. The number of ether oxygens (including phenoxy) is 1. The van der Waals surface area contributed by atoms with Gasteiger partial charge in [-0.15, -0.1) is 0 Å². The molecular formula is C12H21N3O. The van der Waals surface area contributed by atoms with Crippen LogP contribution in [-0.2, 0) is 11.3 Å². The number of rotatable bonds is 7.